The number of pyridine rings is 1. The molecule has 6 rings (SSSR count). The number of nitrogens with one attached hydrogen (secondary N) is 1. The third-order valence-corrected chi connectivity index (χ3v) is 6.94. The molecular weight excluding hydrogens is 422 g/mol. The molecule has 1 aliphatic carbocycles. The summed E-state index contributed by atoms with van der Waals surface area (Å²) in [5.41, 5.74) is 3.20. The molecule has 0 unspecified atom stereocenters. The molecule has 164 valence electrons. The Labute approximate surface area is 192 Å². The first-order valence-electron chi connectivity index (χ1n) is 11.5. The average Bonchev–Trinajstić information content (AvgIpc) is 3.34. The molecule has 3 aromatic heterocycles. The summed E-state index contributed by atoms with van der Waals surface area (Å²) >= 11 is 6.19. The topological polar surface area (TPSA) is 64.9 Å². The van der Waals surface area contributed by atoms with E-state index in [1.54, 1.807) is 0 Å². The number of aryl methyl sites for hydroxylation is 1. The lowest BCUT2D eigenvalue weighted by Crippen LogP contribution is -2.12. The Bertz CT molecular complexity index is 1270. The summed E-state index contributed by atoms with van der Waals surface area (Å²) < 4.78 is 8.46. The van der Waals surface area contributed by atoms with Crippen LogP contribution in [0.2, 0.25) is 5.15 Å². The Morgan fingerprint density at radius 1 is 1.06 bits per heavy atom. The van der Waals surface area contributed by atoms with Crippen LogP contribution in [-0.2, 0) is 11.2 Å². The zero-order chi connectivity index (χ0) is 21.5. The second-order valence-corrected chi connectivity index (χ2v) is 9.36. The van der Waals surface area contributed by atoms with E-state index >= 15 is 0 Å². The van der Waals surface area contributed by atoms with Gasteiger partial charge in [0.25, 0.3) is 0 Å². The van der Waals surface area contributed by atoms with E-state index in [9.17, 15) is 0 Å². The zero-order valence-electron chi connectivity index (χ0n) is 17.9. The van der Waals surface area contributed by atoms with Crippen molar-refractivity contribution in [2.45, 2.75) is 50.9 Å². The van der Waals surface area contributed by atoms with Crippen molar-refractivity contribution in [3.8, 4) is 0 Å². The normalized spacial score (nSPS) is 20.9. The van der Waals surface area contributed by atoms with Gasteiger partial charge in [-0.25, -0.2) is 15.0 Å². The number of fused-ring (bicyclic) bond motifs is 2. The number of rotatable bonds is 7. The van der Waals surface area contributed by atoms with Gasteiger partial charge in [-0.15, -0.1) is 0 Å². The standard InChI is InChI=1S/C25H26ClN5O/c26-24-20-11-12-31(25(20)29-15-28-24)23-10-8-19(32-23)7-4-16-3-5-18-6-9-22(30-21(18)13-16)27-14-17-1-2-17/h3,5-6,9,11-13,15,17,19,23H,1-2,4,7-8,10,14H2,(H,27,30)/t19-,23-/m1/s1. The first kappa shape index (κ1) is 19.9. The Kier molecular flexibility index (Phi) is 5.20. The van der Waals surface area contributed by atoms with Crippen LogP contribution in [0.3, 0.4) is 0 Å². The van der Waals surface area contributed by atoms with Gasteiger partial charge in [-0.3, -0.25) is 0 Å². The van der Waals surface area contributed by atoms with E-state index in [0.29, 0.717) is 5.15 Å². The fourth-order valence-electron chi connectivity index (χ4n) is 4.59. The maximum absolute atomic E-state index is 6.38. The van der Waals surface area contributed by atoms with Crippen LogP contribution in [0.4, 0.5) is 5.82 Å². The molecule has 6 nitrogen and oxygen atoms in total. The smallest absolute Gasteiger partial charge is 0.146 e. The highest BCUT2D eigenvalue weighted by atomic mass is 35.5. The van der Waals surface area contributed by atoms with Gasteiger partial charge < -0.3 is 14.6 Å². The zero-order valence-corrected chi connectivity index (χ0v) is 18.6. The molecule has 2 atom stereocenters. The highest BCUT2D eigenvalue weighted by molar-refractivity contribution is 6.33. The third-order valence-electron chi connectivity index (χ3n) is 6.64. The van der Waals surface area contributed by atoms with Crippen molar-refractivity contribution < 1.29 is 4.74 Å². The summed E-state index contributed by atoms with van der Waals surface area (Å²) in [7, 11) is 0. The van der Waals surface area contributed by atoms with Gasteiger partial charge in [0, 0.05) is 18.1 Å². The summed E-state index contributed by atoms with van der Waals surface area (Å²) in [5.74, 6) is 1.81. The molecule has 2 fully saturated rings. The van der Waals surface area contributed by atoms with E-state index < -0.39 is 0 Å². The maximum atomic E-state index is 6.38. The van der Waals surface area contributed by atoms with Crippen molar-refractivity contribution in [1.29, 1.82) is 0 Å². The summed E-state index contributed by atoms with van der Waals surface area (Å²) in [5, 5.41) is 6.02. The van der Waals surface area contributed by atoms with Crippen molar-refractivity contribution >= 4 is 39.4 Å². The molecule has 1 N–H and O–H groups in total. The molecule has 4 heterocycles. The molecule has 1 saturated carbocycles. The monoisotopic (exact) mass is 447 g/mol. The fourth-order valence-corrected chi connectivity index (χ4v) is 4.78. The number of halogens is 1. The van der Waals surface area contributed by atoms with Gasteiger partial charge in [0.1, 0.15) is 29.2 Å². The summed E-state index contributed by atoms with van der Waals surface area (Å²) in [6.07, 6.45) is 10.4. The molecule has 4 aromatic rings. The lowest BCUT2D eigenvalue weighted by molar-refractivity contribution is 0.00120. The first-order chi connectivity index (χ1) is 15.7. The highest BCUT2D eigenvalue weighted by Gasteiger charge is 2.27. The van der Waals surface area contributed by atoms with Crippen LogP contribution >= 0.6 is 11.6 Å². The lowest BCUT2D eigenvalue weighted by atomic mass is 10.0. The first-order valence-corrected chi connectivity index (χ1v) is 11.9. The molecule has 0 amide bonds. The van der Waals surface area contributed by atoms with Crippen LogP contribution < -0.4 is 5.32 Å². The van der Waals surface area contributed by atoms with Gasteiger partial charge in [0.2, 0.25) is 0 Å². The van der Waals surface area contributed by atoms with E-state index in [4.69, 9.17) is 21.3 Å². The van der Waals surface area contributed by atoms with Gasteiger partial charge in [-0.1, -0.05) is 23.7 Å². The Hall–Kier alpha value is -2.70. The summed E-state index contributed by atoms with van der Waals surface area (Å²) in [6.45, 7) is 1.04. The average molecular weight is 448 g/mol. The number of hydrogen-bond acceptors (Lipinski definition) is 5. The largest absolute Gasteiger partial charge is 0.370 e. The Morgan fingerprint density at radius 2 is 1.97 bits per heavy atom. The molecule has 32 heavy (non-hydrogen) atoms. The maximum Gasteiger partial charge on any atom is 0.146 e. The van der Waals surface area contributed by atoms with Gasteiger partial charge in [-0.05, 0) is 74.3 Å². The number of anilines is 1. The molecule has 1 saturated heterocycles. The highest BCUT2D eigenvalue weighted by Crippen LogP contribution is 2.34. The predicted molar refractivity (Wildman–Crippen MR) is 127 cm³/mol. The number of aromatic nitrogens is 4. The van der Waals surface area contributed by atoms with Crippen LogP contribution in [0.1, 0.15) is 43.9 Å². The van der Waals surface area contributed by atoms with Crippen LogP contribution in [0.25, 0.3) is 21.9 Å². The molecule has 0 radical (unpaired) electrons. The predicted octanol–water partition coefficient (Wildman–Crippen LogP) is 5.77. The third kappa shape index (κ3) is 4.05. The van der Waals surface area contributed by atoms with Crippen LogP contribution in [-0.4, -0.2) is 32.2 Å². The van der Waals surface area contributed by atoms with E-state index in [2.05, 4.69) is 50.2 Å². The Morgan fingerprint density at radius 3 is 2.88 bits per heavy atom. The molecule has 1 aromatic carbocycles. The summed E-state index contributed by atoms with van der Waals surface area (Å²) in [6, 6.07) is 12.8. The van der Waals surface area contributed by atoms with Gasteiger partial charge in [-0.2, -0.15) is 0 Å². The molecule has 1 aliphatic heterocycles. The fraction of sp³-hybridized carbons (Fsp3) is 0.400. The second kappa shape index (κ2) is 8.34. The Balaban J connectivity index is 1.10. The van der Waals surface area contributed by atoms with Gasteiger partial charge >= 0.3 is 0 Å². The van der Waals surface area contributed by atoms with Gasteiger partial charge in [0.05, 0.1) is 17.0 Å². The van der Waals surface area contributed by atoms with Crippen molar-refractivity contribution in [2.75, 3.05) is 11.9 Å². The van der Waals surface area contributed by atoms with Crippen molar-refractivity contribution in [1.82, 2.24) is 19.5 Å². The minimum absolute atomic E-state index is 0.00170. The van der Waals surface area contributed by atoms with Gasteiger partial charge in [0.15, 0.2) is 0 Å². The van der Waals surface area contributed by atoms with E-state index in [1.165, 1.54) is 30.1 Å². The van der Waals surface area contributed by atoms with Crippen LogP contribution in [0, 0.1) is 5.92 Å². The number of nitrogens with zero attached hydrogens (tertiary/aromatic N) is 4. The molecule has 7 heteroatoms. The van der Waals surface area contributed by atoms with Crippen molar-refractivity contribution in [2.24, 2.45) is 5.92 Å². The molecule has 2 aliphatic rings. The molecule has 0 spiro atoms. The second-order valence-electron chi connectivity index (χ2n) is 9.00. The van der Waals surface area contributed by atoms with E-state index in [0.717, 1.165) is 60.5 Å². The number of benzene rings is 1. The quantitative estimate of drug-likeness (QED) is 0.364. The van der Waals surface area contributed by atoms with Crippen LogP contribution in [0.5, 0.6) is 0 Å². The summed E-state index contributed by atoms with van der Waals surface area (Å²) in [4.78, 5) is 13.3. The SMILES string of the molecule is Clc1ncnc2c1ccn2[C@H]1CC[C@@H](CCc2ccc3ccc(NCC4CC4)nc3c2)O1. The minimum Gasteiger partial charge on any atom is -0.370 e. The van der Waals surface area contributed by atoms with Crippen molar-refractivity contribution in [3.05, 3.63) is 59.6 Å². The molecular formula is C25H26ClN5O. The van der Waals surface area contributed by atoms with E-state index in [1.807, 2.05) is 12.3 Å². The minimum atomic E-state index is 0.00170. The van der Waals surface area contributed by atoms with Crippen molar-refractivity contribution in [3.63, 3.8) is 0 Å². The van der Waals surface area contributed by atoms with Crippen LogP contribution in [0.15, 0.2) is 48.9 Å². The van der Waals surface area contributed by atoms with E-state index in [-0.39, 0.29) is 12.3 Å². The molecule has 0 bridgehead atoms. The number of ether oxygens (including phenoxy) is 1. The number of hydrogen-bond donors (Lipinski definition) is 1. The lowest BCUT2D eigenvalue weighted by Gasteiger charge is -2.16.